The molecule has 0 radical (unpaired) electrons. The standard InChI is InChI=1S/C21H34O3/c1-3-4-8-14-20(22)15-11-13-19-17-18(19)12-9-6-5-7-10-16-21(23)24-2/h5-6,18-20,22H,3-4,7-10,12-14,16-17H2,1-2H3/b6-5-/t18-,19-,20+/m0/s1. The lowest BCUT2D eigenvalue weighted by atomic mass is 10.1. The van der Waals surface area contributed by atoms with Gasteiger partial charge < -0.3 is 9.84 Å². The Hall–Kier alpha value is -1.27. The smallest absolute Gasteiger partial charge is 0.305 e. The Morgan fingerprint density at radius 1 is 1.25 bits per heavy atom. The van der Waals surface area contributed by atoms with Crippen molar-refractivity contribution in [3.8, 4) is 11.8 Å². The number of aliphatic hydroxyl groups is 1. The Bertz CT molecular complexity index is 430. The Kier molecular flexibility index (Phi) is 11.3. The van der Waals surface area contributed by atoms with Crippen LogP contribution in [0.25, 0.3) is 0 Å². The summed E-state index contributed by atoms with van der Waals surface area (Å²) in [6.45, 7) is 2.17. The lowest BCUT2D eigenvalue weighted by Crippen LogP contribution is -2.02. The normalized spacial score (nSPS) is 20.5. The van der Waals surface area contributed by atoms with Gasteiger partial charge in [-0.2, -0.15) is 0 Å². The van der Waals surface area contributed by atoms with Crippen molar-refractivity contribution < 1.29 is 14.6 Å². The number of ether oxygens (including phenoxy) is 1. The molecule has 24 heavy (non-hydrogen) atoms. The molecule has 0 saturated heterocycles. The molecule has 1 fully saturated rings. The minimum absolute atomic E-state index is 0.124. The van der Waals surface area contributed by atoms with Crippen molar-refractivity contribution in [2.24, 2.45) is 11.8 Å². The minimum atomic E-state index is -0.429. The van der Waals surface area contributed by atoms with Gasteiger partial charge in [-0.15, -0.1) is 5.92 Å². The molecule has 0 aromatic rings. The molecule has 0 aromatic heterocycles. The number of aliphatic hydroxyl groups excluding tert-OH is 1. The number of unbranched alkanes of at least 4 members (excludes halogenated alkanes) is 3. The zero-order chi connectivity index (χ0) is 17.6. The van der Waals surface area contributed by atoms with E-state index in [2.05, 4.69) is 35.7 Å². The second-order valence-corrected chi connectivity index (χ2v) is 6.81. The molecule has 0 heterocycles. The number of carbonyl (C=O) groups excluding carboxylic acids is 1. The van der Waals surface area contributed by atoms with Crippen LogP contribution in [0.15, 0.2) is 12.2 Å². The van der Waals surface area contributed by atoms with E-state index < -0.39 is 6.10 Å². The summed E-state index contributed by atoms with van der Waals surface area (Å²) < 4.78 is 4.61. The third-order valence-corrected chi connectivity index (χ3v) is 4.63. The summed E-state index contributed by atoms with van der Waals surface area (Å²) in [6.07, 6.45) is 15.1. The average molecular weight is 335 g/mol. The van der Waals surface area contributed by atoms with Crippen LogP contribution >= 0.6 is 0 Å². The van der Waals surface area contributed by atoms with Crippen LogP contribution in [-0.4, -0.2) is 24.3 Å². The van der Waals surface area contributed by atoms with Crippen LogP contribution in [0, 0.1) is 23.7 Å². The van der Waals surface area contributed by atoms with Crippen LogP contribution in [0.5, 0.6) is 0 Å². The van der Waals surface area contributed by atoms with E-state index in [1.807, 2.05) is 0 Å². The highest BCUT2D eigenvalue weighted by Gasteiger charge is 2.34. The van der Waals surface area contributed by atoms with E-state index in [1.54, 1.807) is 0 Å². The summed E-state index contributed by atoms with van der Waals surface area (Å²) in [5.41, 5.74) is 0. The number of hydrogen-bond acceptors (Lipinski definition) is 3. The maximum atomic E-state index is 11.0. The van der Waals surface area contributed by atoms with E-state index in [9.17, 15) is 9.90 Å². The highest BCUT2D eigenvalue weighted by molar-refractivity contribution is 5.69. The number of carbonyl (C=O) groups is 1. The predicted molar refractivity (Wildman–Crippen MR) is 98.4 cm³/mol. The second kappa shape index (κ2) is 13.1. The van der Waals surface area contributed by atoms with Gasteiger partial charge in [0.05, 0.1) is 7.11 Å². The molecule has 0 amide bonds. The highest BCUT2D eigenvalue weighted by atomic mass is 16.5. The molecule has 136 valence electrons. The molecular weight excluding hydrogens is 300 g/mol. The summed E-state index contributed by atoms with van der Waals surface area (Å²) >= 11 is 0. The molecule has 3 nitrogen and oxygen atoms in total. The minimum Gasteiger partial charge on any atom is -0.469 e. The van der Waals surface area contributed by atoms with Gasteiger partial charge in [-0.05, 0) is 56.8 Å². The van der Waals surface area contributed by atoms with Gasteiger partial charge in [-0.25, -0.2) is 0 Å². The lowest BCUT2D eigenvalue weighted by molar-refractivity contribution is -0.140. The quantitative estimate of drug-likeness (QED) is 0.245. The molecule has 1 N–H and O–H groups in total. The van der Waals surface area contributed by atoms with Gasteiger partial charge >= 0.3 is 5.97 Å². The van der Waals surface area contributed by atoms with Crippen LogP contribution in [0.4, 0.5) is 0 Å². The summed E-state index contributed by atoms with van der Waals surface area (Å²) in [5.74, 6) is 7.60. The van der Waals surface area contributed by atoms with Crippen LogP contribution in [0.3, 0.4) is 0 Å². The van der Waals surface area contributed by atoms with Gasteiger partial charge in [0.25, 0.3) is 0 Å². The largest absolute Gasteiger partial charge is 0.469 e. The van der Waals surface area contributed by atoms with Crippen molar-refractivity contribution in [1.29, 1.82) is 0 Å². The van der Waals surface area contributed by atoms with E-state index in [0.717, 1.165) is 50.4 Å². The maximum Gasteiger partial charge on any atom is 0.305 e. The summed E-state index contributed by atoms with van der Waals surface area (Å²) in [6, 6.07) is 0. The molecule has 0 aliphatic heterocycles. The van der Waals surface area contributed by atoms with Gasteiger partial charge in [0.1, 0.15) is 6.10 Å². The van der Waals surface area contributed by atoms with Gasteiger partial charge in [-0.3, -0.25) is 4.79 Å². The van der Waals surface area contributed by atoms with Gasteiger partial charge in [0.15, 0.2) is 0 Å². The second-order valence-electron chi connectivity index (χ2n) is 6.81. The average Bonchev–Trinajstić information content (AvgIpc) is 3.32. The van der Waals surface area contributed by atoms with Crippen LogP contribution < -0.4 is 0 Å². The summed E-state index contributed by atoms with van der Waals surface area (Å²) in [5, 5.41) is 9.76. The van der Waals surface area contributed by atoms with Crippen LogP contribution in [0.1, 0.15) is 77.6 Å². The molecule has 1 aliphatic carbocycles. The number of hydrogen-bond donors (Lipinski definition) is 1. The molecule has 0 spiro atoms. The monoisotopic (exact) mass is 334 g/mol. The molecular formula is C21H34O3. The Morgan fingerprint density at radius 2 is 2.04 bits per heavy atom. The highest BCUT2D eigenvalue weighted by Crippen LogP contribution is 2.44. The first kappa shape index (κ1) is 20.8. The van der Waals surface area contributed by atoms with E-state index in [4.69, 9.17) is 0 Å². The lowest BCUT2D eigenvalue weighted by Gasteiger charge is -2.01. The molecule has 3 heteroatoms. The first-order valence-electron chi connectivity index (χ1n) is 9.55. The fraction of sp³-hybridized carbons (Fsp3) is 0.762. The third kappa shape index (κ3) is 10.5. The third-order valence-electron chi connectivity index (χ3n) is 4.63. The fourth-order valence-electron chi connectivity index (χ4n) is 2.89. The van der Waals surface area contributed by atoms with Crippen LogP contribution in [0.2, 0.25) is 0 Å². The van der Waals surface area contributed by atoms with E-state index in [-0.39, 0.29) is 5.97 Å². The molecule has 0 aromatic carbocycles. The molecule has 3 atom stereocenters. The molecule has 1 saturated carbocycles. The van der Waals surface area contributed by atoms with Gasteiger partial charge in [0.2, 0.25) is 0 Å². The van der Waals surface area contributed by atoms with Crippen molar-refractivity contribution >= 4 is 5.97 Å². The molecule has 1 aliphatic rings. The summed E-state index contributed by atoms with van der Waals surface area (Å²) in [4.78, 5) is 11.0. The Morgan fingerprint density at radius 3 is 2.79 bits per heavy atom. The Labute approximate surface area is 147 Å². The van der Waals surface area contributed by atoms with Crippen LogP contribution in [-0.2, 0) is 9.53 Å². The van der Waals surface area contributed by atoms with E-state index in [1.165, 1.54) is 32.8 Å². The number of esters is 1. The van der Waals surface area contributed by atoms with Gasteiger partial charge in [0, 0.05) is 12.8 Å². The Balaban J connectivity index is 1.98. The van der Waals surface area contributed by atoms with Crippen molar-refractivity contribution in [1.82, 2.24) is 0 Å². The van der Waals surface area contributed by atoms with Crippen molar-refractivity contribution in [3.63, 3.8) is 0 Å². The predicted octanol–water partition coefficient (Wildman–Crippen LogP) is 4.64. The molecule has 1 rings (SSSR count). The first-order valence-corrected chi connectivity index (χ1v) is 9.55. The van der Waals surface area contributed by atoms with Gasteiger partial charge in [-0.1, -0.05) is 37.8 Å². The molecule has 0 unspecified atom stereocenters. The zero-order valence-electron chi connectivity index (χ0n) is 15.4. The van der Waals surface area contributed by atoms with Crippen molar-refractivity contribution in [2.45, 2.75) is 83.7 Å². The topological polar surface area (TPSA) is 46.5 Å². The van der Waals surface area contributed by atoms with E-state index in [0.29, 0.717) is 6.42 Å². The van der Waals surface area contributed by atoms with Crippen molar-refractivity contribution in [2.75, 3.05) is 7.11 Å². The number of allylic oxidation sites excluding steroid dienone is 2. The zero-order valence-corrected chi connectivity index (χ0v) is 15.4. The first-order chi connectivity index (χ1) is 11.7. The van der Waals surface area contributed by atoms with E-state index >= 15 is 0 Å². The summed E-state index contributed by atoms with van der Waals surface area (Å²) in [7, 11) is 1.43. The van der Waals surface area contributed by atoms with Crippen molar-refractivity contribution in [3.05, 3.63) is 12.2 Å². The number of methoxy groups -OCH3 is 1. The SMILES string of the molecule is CCCCC[C@@H](O)C#CC[C@H]1C[C@@H]1CC/C=C\CCCC(=O)OC. The number of rotatable bonds is 12. The molecule has 0 bridgehead atoms. The fourth-order valence-corrected chi connectivity index (χ4v) is 2.89. The maximum absolute atomic E-state index is 11.0.